The van der Waals surface area contributed by atoms with Gasteiger partial charge in [0.1, 0.15) is 11.8 Å². The van der Waals surface area contributed by atoms with Crippen molar-refractivity contribution in [2.45, 2.75) is 50.7 Å². The molecule has 0 bridgehead atoms. The molecule has 3 aromatic rings. The van der Waals surface area contributed by atoms with E-state index in [4.69, 9.17) is 16.3 Å². The Kier molecular flexibility index (Phi) is 8.79. The van der Waals surface area contributed by atoms with E-state index in [0.29, 0.717) is 17.2 Å². The third kappa shape index (κ3) is 7.09. The highest BCUT2D eigenvalue weighted by Gasteiger charge is 2.32. The lowest BCUT2D eigenvalue weighted by molar-refractivity contribution is -0.143. The van der Waals surface area contributed by atoms with Gasteiger partial charge in [0.25, 0.3) is 5.91 Å². The third-order valence-electron chi connectivity index (χ3n) is 6.38. The zero-order valence-corrected chi connectivity index (χ0v) is 20.5. The Morgan fingerprint density at radius 3 is 2.23 bits per heavy atom. The number of hydrogen-bond acceptors (Lipinski definition) is 3. The molecule has 5 nitrogen and oxygen atoms in total. The Labute approximate surface area is 212 Å². The summed E-state index contributed by atoms with van der Waals surface area (Å²) < 4.78 is 5.77. The normalized spacial score (nSPS) is 14.3. The Morgan fingerprint density at radius 1 is 0.914 bits per heavy atom. The molecular weight excluding hydrogens is 460 g/mol. The first kappa shape index (κ1) is 24.8. The predicted molar refractivity (Wildman–Crippen MR) is 138 cm³/mol. The number of benzene rings is 3. The molecule has 1 N–H and O–H groups in total. The number of hydrogen-bond donors (Lipinski definition) is 1. The summed E-state index contributed by atoms with van der Waals surface area (Å²) in [6, 6.07) is 25.9. The van der Waals surface area contributed by atoms with Crippen molar-refractivity contribution in [2.75, 3.05) is 6.61 Å². The maximum atomic E-state index is 13.6. The van der Waals surface area contributed by atoms with Crippen molar-refractivity contribution in [1.29, 1.82) is 0 Å². The first-order valence-corrected chi connectivity index (χ1v) is 12.5. The molecule has 1 aliphatic carbocycles. The van der Waals surface area contributed by atoms with Crippen LogP contribution in [0.4, 0.5) is 0 Å². The molecule has 0 unspecified atom stereocenters. The van der Waals surface area contributed by atoms with E-state index in [-0.39, 0.29) is 31.0 Å². The van der Waals surface area contributed by atoms with Crippen molar-refractivity contribution in [3.63, 3.8) is 0 Å². The maximum absolute atomic E-state index is 13.6. The molecule has 182 valence electrons. The molecule has 1 fully saturated rings. The maximum Gasteiger partial charge on any atom is 0.261 e. The second-order valence-electron chi connectivity index (χ2n) is 8.91. The lowest BCUT2D eigenvalue weighted by Crippen LogP contribution is -2.53. The summed E-state index contributed by atoms with van der Waals surface area (Å²) in [5, 5.41) is 3.76. The first-order valence-electron chi connectivity index (χ1n) is 12.1. The highest BCUT2D eigenvalue weighted by molar-refractivity contribution is 6.31. The van der Waals surface area contributed by atoms with E-state index in [1.807, 2.05) is 66.7 Å². The lowest BCUT2D eigenvalue weighted by atomic mass is 10.0. The number of amides is 2. The molecule has 0 saturated heterocycles. The van der Waals surface area contributed by atoms with Crippen LogP contribution < -0.4 is 10.1 Å². The minimum Gasteiger partial charge on any atom is -0.484 e. The summed E-state index contributed by atoms with van der Waals surface area (Å²) in [7, 11) is 0. The zero-order chi connectivity index (χ0) is 24.5. The van der Waals surface area contributed by atoms with E-state index < -0.39 is 6.04 Å². The van der Waals surface area contributed by atoms with Gasteiger partial charge in [0.05, 0.1) is 0 Å². The number of carbonyl (C=O) groups excluding carboxylic acids is 2. The number of nitrogens with one attached hydrogen (secondary N) is 1. The largest absolute Gasteiger partial charge is 0.484 e. The highest BCUT2D eigenvalue weighted by atomic mass is 35.5. The van der Waals surface area contributed by atoms with Crippen molar-refractivity contribution in [3.05, 3.63) is 101 Å². The number of ether oxygens (including phenoxy) is 1. The summed E-state index contributed by atoms with van der Waals surface area (Å²) in [6.45, 7) is 0.0444. The molecule has 0 radical (unpaired) electrons. The Morgan fingerprint density at radius 2 is 1.54 bits per heavy atom. The van der Waals surface area contributed by atoms with Gasteiger partial charge in [-0.15, -0.1) is 0 Å². The molecular formula is C29H31ClN2O3. The molecule has 1 atom stereocenters. The van der Waals surface area contributed by atoms with Gasteiger partial charge in [-0.2, -0.15) is 0 Å². The fraction of sp³-hybridized carbons (Fsp3) is 0.310. The molecule has 3 aromatic carbocycles. The third-order valence-corrected chi connectivity index (χ3v) is 6.75. The number of nitrogens with zero attached hydrogens (tertiary/aromatic N) is 1. The van der Waals surface area contributed by atoms with Crippen molar-refractivity contribution in [2.24, 2.45) is 0 Å². The molecule has 0 aromatic heterocycles. The number of rotatable bonds is 10. The average molecular weight is 491 g/mol. The molecule has 6 heteroatoms. The van der Waals surface area contributed by atoms with Crippen molar-refractivity contribution >= 4 is 23.4 Å². The fourth-order valence-corrected chi connectivity index (χ4v) is 4.67. The van der Waals surface area contributed by atoms with Gasteiger partial charge in [-0.3, -0.25) is 9.59 Å². The Bertz CT molecular complexity index is 1100. The van der Waals surface area contributed by atoms with Crippen LogP contribution in [0.25, 0.3) is 0 Å². The van der Waals surface area contributed by atoms with Crippen LogP contribution in [0.1, 0.15) is 36.8 Å². The number of para-hydroxylation sites is 1. The van der Waals surface area contributed by atoms with Crippen LogP contribution in [0, 0.1) is 0 Å². The van der Waals surface area contributed by atoms with E-state index in [1.54, 1.807) is 23.1 Å². The predicted octanol–water partition coefficient (Wildman–Crippen LogP) is 5.42. The summed E-state index contributed by atoms with van der Waals surface area (Å²) in [4.78, 5) is 28.8. The second-order valence-corrected chi connectivity index (χ2v) is 9.32. The van der Waals surface area contributed by atoms with Gasteiger partial charge in [-0.25, -0.2) is 0 Å². The molecule has 1 saturated carbocycles. The summed E-state index contributed by atoms with van der Waals surface area (Å²) >= 11 is 6.46. The lowest BCUT2D eigenvalue weighted by Gasteiger charge is -2.32. The fourth-order valence-electron chi connectivity index (χ4n) is 4.48. The van der Waals surface area contributed by atoms with E-state index >= 15 is 0 Å². The summed E-state index contributed by atoms with van der Waals surface area (Å²) in [5.74, 6) is 0.200. The van der Waals surface area contributed by atoms with E-state index in [9.17, 15) is 9.59 Å². The summed E-state index contributed by atoms with van der Waals surface area (Å²) in [5.41, 5.74) is 1.77. The first-order chi connectivity index (χ1) is 17.1. The van der Waals surface area contributed by atoms with Gasteiger partial charge in [0.2, 0.25) is 5.91 Å². The van der Waals surface area contributed by atoms with Crippen LogP contribution in [-0.2, 0) is 22.6 Å². The SMILES string of the molecule is O=C(NC1CCCC1)[C@@H](Cc1ccccc1)N(Cc1ccccc1Cl)C(=O)COc1ccccc1. The van der Waals surface area contributed by atoms with Crippen LogP contribution in [-0.4, -0.2) is 35.4 Å². The van der Waals surface area contributed by atoms with E-state index in [2.05, 4.69) is 5.32 Å². The minimum atomic E-state index is -0.693. The van der Waals surface area contributed by atoms with Gasteiger partial charge in [-0.1, -0.05) is 91.2 Å². The smallest absolute Gasteiger partial charge is 0.261 e. The van der Waals surface area contributed by atoms with Crippen LogP contribution in [0.2, 0.25) is 5.02 Å². The van der Waals surface area contributed by atoms with Crippen LogP contribution in [0.5, 0.6) is 5.75 Å². The molecule has 0 heterocycles. The van der Waals surface area contributed by atoms with Gasteiger partial charge in [0, 0.05) is 24.0 Å². The topological polar surface area (TPSA) is 58.6 Å². The Balaban J connectivity index is 1.61. The zero-order valence-electron chi connectivity index (χ0n) is 19.7. The second kappa shape index (κ2) is 12.4. The molecule has 2 amide bonds. The van der Waals surface area contributed by atoms with Gasteiger partial charge < -0.3 is 15.0 Å². The van der Waals surface area contributed by atoms with Crippen molar-refractivity contribution < 1.29 is 14.3 Å². The molecule has 0 spiro atoms. The van der Waals surface area contributed by atoms with Gasteiger partial charge >= 0.3 is 0 Å². The minimum absolute atomic E-state index is 0.138. The van der Waals surface area contributed by atoms with E-state index in [1.165, 1.54) is 0 Å². The van der Waals surface area contributed by atoms with Gasteiger partial charge in [-0.05, 0) is 42.2 Å². The average Bonchev–Trinajstić information content (AvgIpc) is 3.40. The standard InChI is InChI=1S/C29H31ClN2O3/c30-26-18-10-7-13-23(26)20-32(28(33)21-35-25-16-5-2-6-17-25)27(19-22-11-3-1-4-12-22)29(34)31-24-14-8-9-15-24/h1-7,10-13,16-18,24,27H,8-9,14-15,19-21H2,(H,31,34)/t27-/m1/s1. The molecule has 35 heavy (non-hydrogen) atoms. The number of halogens is 1. The Hall–Kier alpha value is -3.31. The van der Waals surface area contributed by atoms with Crippen LogP contribution in [0.15, 0.2) is 84.9 Å². The monoisotopic (exact) mass is 490 g/mol. The highest BCUT2D eigenvalue weighted by Crippen LogP contribution is 2.22. The summed E-state index contributed by atoms with van der Waals surface area (Å²) in [6.07, 6.45) is 4.57. The number of carbonyl (C=O) groups is 2. The van der Waals surface area contributed by atoms with Crippen molar-refractivity contribution in [1.82, 2.24) is 10.2 Å². The van der Waals surface area contributed by atoms with Crippen LogP contribution >= 0.6 is 11.6 Å². The molecule has 4 rings (SSSR count). The molecule has 1 aliphatic rings. The molecule has 0 aliphatic heterocycles. The quantitative estimate of drug-likeness (QED) is 0.413. The van der Waals surface area contributed by atoms with Crippen LogP contribution in [0.3, 0.4) is 0 Å². The van der Waals surface area contributed by atoms with Gasteiger partial charge in [0.15, 0.2) is 6.61 Å². The van der Waals surface area contributed by atoms with E-state index in [0.717, 1.165) is 36.8 Å². The van der Waals surface area contributed by atoms with Crippen molar-refractivity contribution in [3.8, 4) is 5.75 Å².